The molecule has 6 heteroatoms. The third kappa shape index (κ3) is 4.08. The van der Waals surface area contributed by atoms with Gasteiger partial charge in [-0.25, -0.2) is 0 Å². The minimum atomic E-state index is -0.0225. The lowest BCUT2D eigenvalue weighted by atomic mass is 9.89. The molecule has 164 valence electrons. The van der Waals surface area contributed by atoms with E-state index in [1.54, 1.807) is 0 Å². The van der Waals surface area contributed by atoms with Gasteiger partial charge in [-0.3, -0.25) is 9.97 Å². The number of nitrogens with zero attached hydrogens (tertiary/aromatic N) is 4. The molecule has 2 aromatic heterocycles. The molecule has 0 fully saturated rings. The Bertz CT molecular complexity index is 1000. The van der Waals surface area contributed by atoms with Crippen molar-refractivity contribution in [2.45, 2.75) is 80.1 Å². The van der Waals surface area contributed by atoms with Crippen molar-refractivity contribution < 1.29 is 9.68 Å². The van der Waals surface area contributed by atoms with E-state index in [1.165, 1.54) is 33.4 Å². The van der Waals surface area contributed by atoms with Crippen molar-refractivity contribution in [2.75, 3.05) is 6.79 Å². The van der Waals surface area contributed by atoms with Gasteiger partial charge in [0.05, 0.1) is 11.4 Å². The summed E-state index contributed by atoms with van der Waals surface area (Å²) in [5.41, 5.74) is 13.6. The maximum atomic E-state index is 5.48. The van der Waals surface area contributed by atoms with Crippen LogP contribution in [0.5, 0.6) is 0 Å². The Balaban J connectivity index is 1.46. The van der Waals surface area contributed by atoms with Crippen LogP contribution in [0.25, 0.3) is 0 Å². The first-order chi connectivity index (χ1) is 14.9. The molecule has 2 aliphatic rings. The molecule has 2 aliphatic carbocycles. The Morgan fingerprint density at radius 1 is 0.613 bits per heavy atom. The highest BCUT2D eigenvalue weighted by atomic mass is 16.8. The van der Waals surface area contributed by atoms with Gasteiger partial charge in [-0.05, 0) is 113 Å². The van der Waals surface area contributed by atoms with E-state index < -0.39 is 0 Å². The summed E-state index contributed by atoms with van der Waals surface area (Å²) in [5.74, 6) is 0. The van der Waals surface area contributed by atoms with Gasteiger partial charge in [0.25, 0.3) is 6.79 Å². The van der Waals surface area contributed by atoms with Crippen LogP contribution in [0, 0.1) is 41.5 Å². The molecule has 0 aromatic carbocycles. The van der Waals surface area contributed by atoms with Gasteiger partial charge in [-0.15, -0.1) is 0 Å². The molecule has 0 unspecified atom stereocenters. The molecule has 0 N–H and O–H groups in total. The topological polar surface area (TPSA) is 69.0 Å². The summed E-state index contributed by atoms with van der Waals surface area (Å²) in [7, 11) is 0. The van der Waals surface area contributed by atoms with Crippen molar-refractivity contribution in [3.63, 3.8) is 0 Å². The third-order valence-corrected chi connectivity index (χ3v) is 6.93. The number of aromatic nitrogens is 2. The number of hydrogen-bond acceptors (Lipinski definition) is 6. The van der Waals surface area contributed by atoms with Crippen LogP contribution in [0.4, 0.5) is 0 Å². The van der Waals surface area contributed by atoms with Crippen LogP contribution < -0.4 is 0 Å². The first kappa shape index (κ1) is 21.5. The van der Waals surface area contributed by atoms with E-state index in [0.29, 0.717) is 0 Å². The van der Waals surface area contributed by atoms with Crippen LogP contribution in [0.2, 0.25) is 0 Å². The van der Waals surface area contributed by atoms with E-state index in [-0.39, 0.29) is 6.79 Å². The fraction of sp³-hybridized carbons (Fsp3) is 0.520. The maximum absolute atomic E-state index is 5.48. The van der Waals surface area contributed by atoms with E-state index in [4.69, 9.17) is 19.6 Å². The smallest absolute Gasteiger partial charge is 0.280 e. The van der Waals surface area contributed by atoms with Crippen molar-refractivity contribution in [1.29, 1.82) is 0 Å². The molecule has 0 saturated heterocycles. The van der Waals surface area contributed by atoms with E-state index in [0.717, 1.165) is 72.7 Å². The first-order valence-corrected chi connectivity index (χ1v) is 11.2. The van der Waals surface area contributed by atoms with E-state index in [9.17, 15) is 0 Å². The normalized spacial score (nSPS) is 18.1. The van der Waals surface area contributed by atoms with Crippen molar-refractivity contribution >= 4 is 11.4 Å². The molecule has 2 heterocycles. The first-order valence-electron chi connectivity index (χ1n) is 11.2. The molecule has 0 saturated carbocycles. The molecule has 6 nitrogen and oxygen atoms in total. The molecule has 2 aromatic rings. The number of oxime groups is 2. The zero-order valence-electron chi connectivity index (χ0n) is 19.6. The van der Waals surface area contributed by atoms with E-state index in [2.05, 4.69) is 51.9 Å². The van der Waals surface area contributed by atoms with Gasteiger partial charge >= 0.3 is 0 Å². The Kier molecular flexibility index (Phi) is 6.08. The number of aryl methyl sites for hydroxylation is 2. The highest BCUT2D eigenvalue weighted by molar-refractivity contribution is 6.01. The summed E-state index contributed by atoms with van der Waals surface area (Å²) in [5, 5.41) is 8.69. The molecule has 31 heavy (non-hydrogen) atoms. The largest absolute Gasteiger partial charge is 0.351 e. The molecular weight excluding hydrogens is 388 g/mol. The van der Waals surface area contributed by atoms with Gasteiger partial charge in [0.2, 0.25) is 0 Å². The number of pyridine rings is 2. The van der Waals surface area contributed by atoms with E-state index in [1.807, 2.05) is 0 Å². The quantitative estimate of drug-likeness (QED) is 0.392. The second-order valence-corrected chi connectivity index (χ2v) is 8.71. The highest BCUT2D eigenvalue weighted by Crippen LogP contribution is 2.28. The molecular formula is C25H32N4O2. The fourth-order valence-corrected chi connectivity index (χ4v) is 4.59. The standard InChI is InChI=1S/C25H32N4O2/c1-14-16(3)20-9-7-11-22(24(20)26-18(14)5)28-30-13-31-29-23-12-8-10-21-17(4)15(2)19(6)27-25(21)23/h7-13H2,1-6H3/b28-22-,29-23-. The van der Waals surface area contributed by atoms with Crippen LogP contribution in [0.15, 0.2) is 10.3 Å². The molecule has 0 spiro atoms. The van der Waals surface area contributed by atoms with Crippen molar-refractivity contribution in [3.05, 3.63) is 56.2 Å². The molecule has 0 aliphatic heterocycles. The molecule has 0 amide bonds. The minimum Gasteiger partial charge on any atom is -0.351 e. The predicted molar refractivity (Wildman–Crippen MR) is 123 cm³/mol. The van der Waals surface area contributed by atoms with Crippen LogP contribution >= 0.6 is 0 Å². The lowest BCUT2D eigenvalue weighted by Crippen LogP contribution is -2.18. The van der Waals surface area contributed by atoms with Crippen molar-refractivity contribution in [2.24, 2.45) is 10.3 Å². The number of hydrogen-bond donors (Lipinski definition) is 0. The monoisotopic (exact) mass is 420 g/mol. The lowest BCUT2D eigenvalue weighted by Gasteiger charge is -2.21. The van der Waals surface area contributed by atoms with Gasteiger partial charge in [0, 0.05) is 11.4 Å². The summed E-state index contributed by atoms with van der Waals surface area (Å²) in [6.07, 6.45) is 5.94. The summed E-state index contributed by atoms with van der Waals surface area (Å²) in [6, 6.07) is 0. The minimum absolute atomic E-state index is 0.0225. The second-order valence-electron chi connectivity index (χ2n) is 8.71. The lowest BCUT2D eigenvalue weighted by molar-refractivity contribution is -0.0509. The average Bonchev–Trinajstić information content (AvgIpc) is 2.76. The molecule has 0 radical (unpaired) electrons. The maximum Gasteiger partial charge on any atom is 0.280 e. The van der Waals surface area contributed by atoms with Crippen molar-refractivity contribution in [1.82, 2.24) is 9.97 Å². The third-order valence-electron chi connectivity index (χ3n) is 6.93. The Hall–Kier alpha value is -2.76. The Morgan fingerprint density at radius 2 is 1.03 bits per heavy atom. The molecule has 0 bridgehead atoms. The second kappa shape index (κ2) is 8.77. The zero-order valence-corrected chi connectivity index (χ0v) is 19.6. The SMILES string of the molecule is Cc1nc2c(c(C)c1C)CCC/C2=N/OCO/N=C1/CCCc2c1nc(C)c(C)c2C. The summed E-state index contributed by atoms with van der Waals surface area (Å²) < 4.78 is 0. The number of rotatable bonds is 4. The molecule has 4 rings (SSSR count). The Labute approximate surface area is 184 Å². The summed E-state index contributed by atoms with van der Waals surface area (Å²) in [6.45, 7) is 12.7. The van der Waals surface area contributed by atoms with E-state index >= 15 is 0 Å². The Morgan fingerprint density at radius 3 is 1.45 bits per heavy atom. The van der Waals surface area contributed by atoms with Crippen LogP contribution in [0.3, 0.4) is 0 Å². The van der Waals surface area contributed by atoms with Crippen molar-refractivity contribution in [3.8, 4) is 0 Å². The summed E-state index contributed by atoms with van der Waals surface area (Å²) in [4.78, 5) is 20.5. The predicted octanol–water partition coefficient (Wildman–Crippen LogP) is 5.10. The fourth-order valence-electron chi connectivity index (χ4n) is 4.59. The van der Waals surface area contributed by atoms with Gasteiger partial charge < -0.3 is 9.68 Å². The van der Waals surface area contributed by atoms with Gasteiger partial charge in [0.15, 0.2) is 0 Å². The number of fused-ring (bicyclic) bond motifs is 2. The van der Waals surface area contributed by atoms with Crippen LogP contribution in [-0.4, -0.2) is 28.2 Å². The summed E-state index contributed by atoms with van der Waals surface area (Å²) >= 11 is 0. The van der Waals surface area contributed by atoms with Gasteiger partial charge in [0.1, 0.15) is 11.4 Å². The molecule has 0 atom stereocenters. The van der Waals surface area contributed by atoms with Gasteiger partial charge in [-0.1, -0.05) is 10.3 Å². The average molecular weight is 421 g/mol. The highest BCUT2D eigenvalue weighted by Gasteiger charge is 2.23. The van der Waals surface area contributed by atoms with Crippen LogP contribution in [-0.2, 0) is 22.5 Å². The zero-order chi connectivity index (χ0) is 22.1. The van der Waals surface area contributed by atoms with Gasteiger partial charge in [-0.2, -0.15) is 0 Å². The van der Waals surface area contributed by atoms with Crippen LogP contribution in [0.1, 0.15) is 81.8 Å².